The molecule has 444 valence electrons. The smallest absolute Gasteiger partial charge is 0.326 e. The van der Waals surface area contributed by atoms with Crippen molar-refractivity contribution in [2.24, 2.45) is 0 Å². The first-order chi connectivity index (χ1) is 38.2. The number of urea groups is 1. The number of carbonyl (C=O) groups excluding carboxylic acids is 2. The van der Waals surface area contributed by atoms with Gasteiger partial charge in [-0.05, 0) is 81.9 Å². The lowest BCUT2D eigenvalue weighted by Crippen LogP contribution is -2.53. The molecule has 3 atom stereocenters. The lowest BCUT2D eigenvalue weighted by molar-refractivity contribution is -0.142. The van der Waals surface area contributed by atoms with Gasteiger partial charge in [-0.1, -0.05) is 31.4 Å². The second-order valence-electron chi connectivity index (χ2n) is 20.0. The van der Waals surface area contributed by atoms with Crippen molar-refractivity contribution in [1.82, 2.24) is 50.5 Å². The number of hydrogen-bond acceptors (Lipinski definition) is 19. The van der Waals surface area contributed by atoms with E-state index < -0.39 is 72.4 Å². The molecule has 2 saturated heterocycles. The molecule has 2 aliphatic heterocycles. The van der Waals surface area contributed by atoms with E-state index in [4.69, 9.17) is 15.1 Å². The molecule has 2 fully saturated rings. The zero-order chi connectivity index (χ0) is 58.4. The van der Waals surface area contributed by atoms with Crippen LogP contribution in [-0.2, 0) is 44.8 Å². The fraction of sp³-hybridized carbons (Fsp3) is 0.647. The zero-order valence-electron chi connectivity index (χ0n) is 45.1. The molecule has 0 bridgehead atoms. The van der Waals surface area contributed by atoms with Crippen LogP contribution in [0.4, 0.5) is 28.3 Å². The molecule has 29 heteroatoms. The predicted octanol–water partition coefficient (Wildman–Crippen LogP) is 1.19. The minimum Gasteiger partial charge on any atom is -0.481 e. The molecular formula is C51H79N13O16. The molecule has 4 rings (SSSR count). The van der Waals surface area contributed by atoms with Gasteiger partial charge in [0, 0.05) is 96.6 Å². The summed E-state index contributed by atoms with van der Waals surface area (Å²) in [5.41, 5.74) is 1.48. The SMILES string of the molecule is O=C(O)CC[C@H](NC(=O)NC(CCCCNC(=O)CCCCCCCNc1nc(Nc2ccc(C[C@H]3CN(CC(=O)O)CCN(CC(=O)O)CCN(CC(=O)O)CCN3CC(=O)O)cc2)nc(N2CCCCC2)n1)C(=O)O)C(=O)O. The van der Waals surface area contributed by atoms with Crippen LogP contribution in [0.3, 0.4) is 0 Å². The highest BCUT2D eigenvalue weighted by Gasteiger charge is 2.29. The van der Waals surface area contributed by atoms with Gasteiger partial charge in [0.2, 0.25) is 23.8 Å². The van der Waals surface area contributed by atoms with Crippen LogP contribution in [0, 0.1) is 0 Å². The first-order valence-electron chi connectivity index (χ1n) is 27.1. The number of carboxylic acids is 7. The summed E-state index contributed by atoms with van der Waals surface area (Å²) < 4.78 is 0. The number of aromatic nitrogens is 3. The largest absolute Gasteiger partial charge is 0.481 e. The highest BCUT2D eigenvalue weighted by atomic mass is 16.4. The van der Waals surface area contributed by atoms with E-state index in [0.29, 0.717) is 68.7 Å². The van der Waals surface area contributed by atoms with Crippen LogP contribution in [-0.4, -0.2) is 240 Å². The van der Waals surface area contributed by atoms with Gasteiger partial charge in [-0.2, -0.15) is 15.0 Å². The van der Waals surface area contributed by atoms with Gasteiger partial charge < -0.3 is 67.2 Å². The standard InChI is InChI=1S/C51H79N13O16/c65-40(52-19-8-6-11-38(46(76)77)55-51(80)56-39(47(78)79)17-18-41(66)67)12-5-2-1-3-7-20-53-48-57-49(59-50(58-48)63-21-9-4-10-22-63)54-36-15-13-35(14-16-36)29-37-30-62(33-44(72)73)26-25-60(31-42(68)69)23-24-61(32-43(70)71)27-28-64(37)34-45(74)75/h13-16,37-39H,1-12,17-34H2,(H,52,65)(H,66,67)(H,68,69)(H,70,71)(H,72,73)(H,74,75)(H,76,77)(H,78,79)(H2,55,56,80)(H2,53,54,57,58,59)/t37-,38?,39-/m0/s1. The molecule has 29 nitrogen and oxygen atoms in total. The molecule has 1 aromatic carbocycles. The predicted molar refractivity (Wildman–Crippen MR) is 289 cm³/mol. The van der Waals surface area contributed by atoms with Gasteiger partial charge in [0.15, 0.2) is 0 Å². The van der Waals surface area contributed by atoms with Crippen LogP contribution in [0.15, 0.2) is 24.3 Å². The van der Waals surface area contributed by atoms with E-state index in [-0.39, 0.29) is 90.7 Å². The Labute approximate surface area is 463 Å². The summed E-state index contributed by atoms with van der Waals surface area (Å²) in [6.45, 7) is 2.34. The van der Waals surface area contributed by atoms with E-state index in [1.165, 1.54) is 0 Å². The van der Waals surface area contributed by atoms with Gasteiger partial charge in [-0.25, -0.2) is 14.4 Å². The van der Waals surface area contributed by atoms with Crippen molar-refractivity contribution < 1.29 is 78.9 Å². The van der Waals surface area contributed by atoms with Crippen LogP contribution < -0.4 is 31.5 Å². The number of nitrogens with one attached hydrogen (secondary N) is 5. The van der Waals surface area contributed by atoms with E-state index >= 15 is 0 Å². The number of carboxylic acid groups (broad SMARTS) is 7. The molecule has 0 aliphatic carbocycles. The molecular weight excluding hydrogens is 1050 g/mol. The van der Waals surface area contributed by atoms with E-state index in [2.05, 4.69) is 36.5 Å². The first-order valence-corrected chi connectivity index (χ1v) is 27.1. The Balaban J connectivity index is 1.28. The maximum Gasteiger partial charge on any atom is 0.326 e. The van der Waals surface area contributed by atoms with Crippen molar-refractivity contribution in [2.75, 3.05) is 114 Å². The quantitative estimate of drug-likeness (QED) is 0.0438. The van der Waals surface area contributed by atoms with Crippen LogP contribution >= 0.6 is 0 Å². The zero-order valence-corrected chi connectivity index (χ0v) is 45.1. The minimum absolute atomic E-state index is 0.0210. The molecule has 80 heavy (non-hydrogen) atoms. The third-order valence-corrected chi connectivity index (χ3v) is 13.5. The van der Waals surface area contributed by atoms with Gasteiger partial charge in [-0.15, -0.1) is 0 Å². The van der Waals surface area contributed by atoms with Gasteiger partial charge in [0.05, 0.1) is 26.2 Å². The van der Waals surface area contributed by atoms with Gasteiger partial charge >= 0.3 is 47.8 Å². The van der Waals surface area contributed by atoms with E-state index in [1.807, 2.05) is 24.3 Å². The Morgan fingerprint density at radius 3 is 1.66 bits per heavy atom. The van der Waals surface area contributed by atoms with Crippen molar-refractivity contribution in [1.29, 1.82) is 0 Å². The van der Waals surface area contributed by atoms with Crippen molar-refractivity contribution >= 4 is 77.3 Å². The first kappa shape index (κ1) is 65.0. The second-order valence-corrected chi connectivity index (χ2v) is 20.0. The molecule has 2 aromatic rings. The Hall–Kier alpha value is -7.50. The molecule has 1 aromatic heterocycles. The number of hydrogen-bond donors (Lipinski definition) is 12. The highest BCUT2D eigenvalue weighted by molar-refractivity contribution is 5.86. The number of benzene rings is 1. The maximum atomic E-state index is 12.4. The lowest BCUT2D eigenvalue weighted by atomic mass is 10.0. The molecule has 0 spiro atoms. The topological polar surface area (TPSA) is 410 Å². The molecule has 0 radical (unpaired) electrons. The summed E-state index contributed by atoms with van der Waals surface area (Å²) in [7, 11) is 0. The molecule has 2 aliphatic rings. The molecule has 3 heterocycles. The van der Waals surface area contributed by atoms with Crippen molar-refractivity contribution in [3.05, 3.63) is 29.8 Å². The average Bonchev–Trinajstić information content (AvgIpc) is 3.41. The number of rotatable bonds is 34. The Kier molecular flexibility index (Phi) is 28.6. The third-order valence-electron chi connectivity index (χ3n) is 13.5. The van der Waals surface area contributed by atoms with Gasteiger partial charge in [-0.3, -0.25) is 48.4 Å². The Bertz CT molecular complexity index is 2350. The van der Waals surface area contributed by atoms with Gasteiger partial charge in [0.1, 0.15) is 12.1 Å². The van der Waals surface area contributed by atoms with Crippen LogP contribution in [0.2, 0.25) is 0 Å². The lowest BCUT2D eigenvalue weighted by Gasteiger charge is -2.37. The fourth-order valence-electron chi connectivity index (χ4n) is 9.29. The van der Waals surface area contributed by atoms with Crippen LogP contribution in [0.25, 0.3) is 0 Å². The van der Waals surface area contributed by atoms with E-state index in [1.54, 1.807) is 19.6 Å². The van der Waals surface area contributed by atoms with Crippen molar-refractivity contribution in [3.63, 3.8) is 0 Å². The number of nitrogens with zero attached hydrogens (tertiary/aromatic N) is 8. The highest BCUT2D eigenvalue weighted by Crippen LogP contribution is 2.23. The van der Waals surface area contributed by atoms with Crippen LogP contribution in [0.5, 0.6) is 0 Å². The van der Waals surface area contributed by atoms with E-state index in [0.717, 1.165) is 63.6 Å². The number of piperidine rings is 1. The number of anilines is 4. The number of unbranched alkanes of at least 4 members (excludes halogenated alkanes) is 5. The van der Waals surface area contributed by atoms with Gasteiger partial charge in [0.25, 0.3) is 0 Å². The summed E-state index contributed by atoms with van der Waals surface area (Å²) in [4.78, 5) is 129. The Morgan fingerprint density at radius 1 is 0.525 bits per heavy atom. The number of carbonyl (C=O) groups is 9. The number of aliphatic carboxylic acids is 7. The number of amides is 3. The van der Waals surface area contributed by atoms with Crippen molar-refractivity contribution in [2.45, 2.75) is 114 Å². The van der Waals surface area contributed by atoms with Crippen LogP contribution in [0.1, 0.15) is 95.5 Å². The minimum atomic E-state index is -1.51. The molecule has 3 amide bonds. The van der Waals surface area contributed by atoms with Crippen molar-refractivity contribution in [3.8, 4) is 0 Å². The molecule has 0 saturated carbocycles. The summed E-state index contributed by atoms with van der Waals surface area (Å²) in [5.74, 6) is -7.27. The normalized spacial score (nSPS) is 16.9. The van der Waals surface area contributed by atoms with E-state index in [9.17, 15) is 73.8 Å². The maximum absolute atomic E-state index is 12.4. The summed E-state index contributed by atoms with van der Waals surface area (Å²) >= 11 is 0. The molecule has 12 N–H and O–H groups in total. The second kappa shape index (κ2) is 35.2. The summed E-state index contributed by atoms with van der Waals surface area (Å²) in [6.07, 6.45) is 7.73. The summed E-state index contributed by atoms with van der Waals surface area (Å²) in [5, 5.41) is 80.3. The average molecular weight is 1130 g/mol. The Morgan fingerprint density at radius 2 is 1.06 bits per heavy atom. The monoisotopic (exact) mass is 1130 g/mol. The summed E-state index contributed by atoms with van der Waals surface area (Å²) in [6, 6.07) is 3.02. The molecule has 1 unspecified atom stereocenters. The third kappa shape index (κ3) is 26.4. The fourth-order valence-corrected chi connectivity index (χ4v) is 9.29.